The van der Waals surface area contributed by atoms with Crippen molar-refractivity contribution in [2.45, 2.75) is 37.9 Å². The molecule has 3 rings (SSSR count). The molecule has 1 aliphatic heterocycles. The Bertz CT molecular complexity index is 901. The molecule has 1 aromatic carbocycles. The van der Waals surface area contributed by atoms with E-state index in [1.54, 1.807) is 24.5 Å². The van der Waals surface area contributed by atoms with Crippen molar-refractivity contribution in [3.8, 4) is 0 Å². The second kappa shape index (κ2) is 10.6. The monoisotopic (exact) mass is 438 g/mol. The Hall–Kier alpha value is -3.43. The Labute approximate surface area is 176 Å². The van der Waals surface area contributed by atoms with Crippen LogP contribution in [0.2, 0.25) is 0 Å². The standard InChI is InChI=1S/C19H20N2O3.C2HF3O2/c22-18(15-5-7-16(8-6-15)19(23)24)21-13-3-1-2-4-17(21)14-9-11-20-12-10-14;3-2(4,5)1(6)7/h5-12,17H,1-4,13H2,(H,23,24);(H,6,7). The second-order valence-electron chi connectivity index (χ2n) is 6.83. The van der Waals surface area contributed by atoms with Crippen molar-refractivity contribution >= 4 is 17.8 Å². The molecular weight excluding hydrogens is 417 g/mol. The topological polar surface area (TPSA) is 108 Å². The van der Waals surface area contributed by atoms with Gasteiger partial charge in [-0.25, -0.2) is 9.59 Å². The van der Waals surface area contributed by atoms with Gasteiger partial charge in [0.05, 0.1) is 11.6 Å². The molecule has 1 amide bonds. The smallest absolute Gasteiger partial charge is 0.478 e. The van der Waals surface area contributed by atoms with Gasteiger partial charge in [-0.2, -0.15) is 13.2 Å². The number of rotatable bonds is 3. The van der Waals surface area contributed by atoms with Crippen LogP contribution in [0.3, 0.4) is 0 Å². The molecule has 166 valence electrons. The number of aliphatic carboxylic acids is 1. The van der Waals surface area contributed by atoms with E-state index in [0.717, 1.165) is 31.2 Å². The maximum absolute atomic E-state index is 13.0. The second-order valence-corrected chi connectivity index (χ2v) is 6.83. The molecule has 0 radical (unpaired) electrons. The van der Waals surface area contributed by atoms with Crippen molar-refractivity contribution < 1.29 is 37.8 Å². The van der Waals surface area contributed by atoms with Crippen LogP contribution in [0.15, 0.2) is 48.8 Å². The fraction of sp³-hybridized carbons (Fsp3) is 0.333. The lowest BCUT2D eigenvalue weighted by Crippen LogP contribution is -2.34. The fourth-order valence-corrected chi connectivity index (χ4v) is 3.20. The van der Waals surface area contributed by atoms with Gasteiger partial charge in [-0.15, -0.1) is 0 Å². The highest BCUT2D eigenvalue weighted by molar-refractivity contribution is 5.96. The van der Waals surface area contributed by atoms with Crippen LogP contribution in [-0.4, -0.2) is 50.7 Å². The van der Waals surface area contributed by atoms with Crippen LogP contribution < -0.4 is 0 Å². The van der Waals surface area contributed by atoms with Gasteiger partial charge in [0, 0.05) is 24.5 Å². The molecule has 1 fully saturated rings. The zero-order chi connectivity index (χ0) is 23.0. The van der Waals surface area contributed by atoms with Crippen molar-refractivity contribution in [1.29, 1.82) is 0 Å². The van der Waals surface area contributed by atoms with E-state index in [-0.39, 0.29) is 17.5 Å². The van der Waals surface area contributed by atoms with E-state index in [0.29, 0.717) is 12.1 Å². The minimum Gasteiger partial charge on any atom is -0.478 e. The number of amides is 1. The van der Waals surface area contributed by atoms with Crippen LogP contribution in [0.5, 0.6) is 0 Å². The number of carboxylic acid groups (broad SMARTS) is 2. The number of alkyl halides is 3. The Morgan fingerprint density at radius 1 is 0.903 bits per heavy atom. The van der Waals surface area contributed by atoms with Crippen molar-refractivity contribution in [2.75, 3.05) is 6.54 Å². The first-order chi connectivity index (χ1) is 14.6. The first kappa shape index (κ1) is 23.8. The summed E-state index contributed by atoms with van der Waals surface area (Å²) in [5.41, 5.74) is 1.82. The first-order valence-corrected chi connectivity index (χ1v) is 9.45. The van der Waals surface area contributed by atoms with Gasteiger partial charge >= 0.3 is 18.1 Å². The molecule has 0 spiro atoms. The molecule has 1 unspecified atom stereocenters. The predicted octanol–water partition coefficient (Wildman–Crippen LogP) is 4.17. The number of carboxylic acids is 2. The third-order valence-corrected chi connectivity index (χ3v) is 4.73. The average molecular weight is 438 g/mol. The maximum atomic E-state index is 13.0. The first-order valence-electron chi connectivity index (χ1n) is 9.45. The number of carbonyl (C=O) groups is 3. The average Bonchev–Trinajstić information content (AvgIpc) is 3.00. The summed E-state index contributed by atoms with van der Waals surface area (Å²) < 4.78 is 31.7. The maximum Gasteiger partial charge on any atom is 0.490 e. The number of pyridine rings is 1. The third kappa shape index (κ3) is 6.80. The quantitative estimate of drug-likeness (QED) is 0.745. The Kier molecular flexibility index (Phi) is 8.12. The lowest BCUT2D eigenvalue weighted by molar-refractivity contribution is -0.192. The molecule has 0 aliphatic carbocycles. The number of nitrogens with zero attached hydrogens (tertiary/aromatic N) is 2. The molecule has 0 bridgehead atoms. The van der Waals surface area contributed by atoms with Gasteiger partial charge in [0.15, 0.2) is 0 Å². The highest BCUT2D eigenvalue weighted by Crippen LogP contribution is 2.31. The van der Waals surface area contributed by atoms with Crippen molar-refractivity contribution in [1.82, 2.24) is 9.88 Å². The molecule has 1 atom stereocenters. The van der Waals surface area contributed by atoms with Gasteiger partial charge in [0.2, 0.25) is 0 Å². The number of carbonyl (C=O) groups excluding carboxylic acids is 1. The molecule has 2 aromatic rings. The molecule has 1 aliphatic rings. The molecule has 7 nitrogen and oxygen atoms in total. The number of hydrogen-bond donors (Lipinski definition) is 2. The largest absolute Gasteiger partial charge is 0.490 e. The zero-order valence-corrected chi connectivity index (χ0v) is 16.4. The normalized spacial score (nSPS) is 16.5. The number of likely N-dealkylation sites (tertiary alicyclic amines) is 1. The third-order valence-electron chi connectivity index (χ3n) is 4.73. The van der Waals surface area contributed by atoms with E-state index in [9.17, 15) is 22.8 Å². The summed E-state index contributed by atoms with van der Waals surface area (Å²) in [5, 5.41) is 16.1. The van der Waals surface area contributed by atoms with Gasteiger partial charge < -0.3 is 15.1 Å². The molecule has 10 heteroatoms. The number of aromatic carboxylic acids is 1. The van der Waals surface area contributed by atoms with Gasteiger partial charge in [-0.3, -0.25) is 9.78 Å². The number of halogens is 3. The summed E-state index contributed by atoms with van der Waals surface area (Å²) in [6.45, 7) is 0.715. The zero-order valence-electron chi connectivity index (χ0n) is 16.4. The summed E-state index contributed by atoms with van der Waals surface area (Å²) in [7, 11) is 0. The summed E-state index contributed by atoms with van der Waals surface area (Å²) in [4.78, 5) is 38.8. The van der Waals surface area contributed by atoms with Crippen LogP contribution in [0, 0.1) is 0 Å². The van der Waals surface area contributed by atoms with Crippen LogP contribution in [-0.2, 0) is 4.79 Å². The van der Waals surface area contributed by atoms with E-state index in [1.165, 1.54) is 12.1 Å². The SMILES string of the molecule is O=C(O)C(F)(F)F.O=C(O)c1ccc(C(=O)N2CCCCCC2c2ccncc2)cc1. The highest BCUT2D eigenvalue weighted by Gasteiger charge is 2.38. The van der Waals surface area contributed by atoms with Gasteiger partial charge in [0.1, 0.15) is 0 Å². The van der Waals surface area contributed by atoms with Crippen LogP contribution in [0.25, 0.3) is 0 Å². The molecule has 31 heavy (non-hydrogen) atoms. The van der Waals surface area contributed by atoms with E-state index in [4.69, 9.17) is 15.0 Å². The summed E-state index contributed by atoms with van der Waals surface area (Å²) in [6.07, 6.45) is 2.55. The Morgan fingerprint density at radius 2 is 1.45 bits per heavy atom. The van der Waals surface area contributed by atoms with Gasteiger partial charge in [-0.05, 0) is 54.8 Å². The molecule has 1 aromatic heterocycles. The molecule has 2 heterocycles. The van der Waals surface area contributed by atoms with Gasteiger partial charge in [-0.1, -0.05) is 12.8 Å². The summed E-state index contributed by atoms with van der Waals surface area (Å²) in [6, 6.07) is 10.1. The van der Waals surface area contributed by atoms with Crippen molar-refractivity contribution in [3.63, 3.8) is 0 Å². The lowest BCUT2D eigenvalue weighted by atomic mass is 10.0. The molecule has 2 N–H and O–H groups in total. The molecule has 1 saturated heterocycles. The van der Waals surface area contributed by atoms with Crippen molar-refractivity contribution in [2.24, 2.45) is 0 Å². The molecular formula is C21H21F3N2O5. The highest BCUT2D eigenvalue weighted by atomic mass is 19.4. The van der Waals surface area contributed by atoms with Crippen LogP contribution in [0.4, 0.5) is 13.2 Å². The minimum atomic E-state index is -5.08. The van der Waals surface area contributed by atoms with Gasteiger partial charge in [0.25, 0.3) is 5.91 Å². The van der Waals surface area contributed by atoms with Crippen LogP contribution in [0.1, 0.15) is 58.0 Å². The molecule has 0 saturated carbocycles. The Balaban J connectivity index is 0.000000423. The van der Waals surface area contributed by atoms with E-state index in [2.05, 4.69) is 4.98 Å². The number of benzene rings is 1. The van der Waals surface area contributed by atoms with E-state index < -0.39 is 18.1 Å². The van der Waals surface area contributed by atoms with Crippen molar-refractivity contribution in [3.05, 3.63) is 65.5 Å². The Morgan fingerprint density at radius 3 is 1.97 bits per heavy atom. The fourth-order valence-electron chi connectivity index (χ4n) is 3.20. The summed E-state index contributed by atoms with van der Waals surface area (Å²) >= 11 is 0. The number of hydrogen-bond acceptors (Lipinski definition) is 4. The lowest BCUT2D eigenvalue weighted by Gasteiger charge is -2.30. The predicted molar refractivity (Wildman–Crippen MR) is 104 cm³/mol. The van der Waals surface area contributed by atoms with E-state index in [1.807, 2.05) is 17.0 Å². The minimum absolute atomic E-state index is 0.0437. The van der Waals surface area contributed by atoms with E-state index >= 15 is 0 Å². The van der Waals surface area contributed by atoms with Crippen LogP contribution >= 0.6 is 0 Å². The summed E-state index contributed by atoms with van der Waals surface area (Å²) in [5.74, 6) is -3.79. The number of aromatic nitrogens is 1.